The van der Waals surface area contributed by atoms with Crippen molar-refractivity contribution in [1.82, 2.24) is 10.3 Å². The lowest BCUT2D eigenvalue weighted by atomic mass is 10.1. The first kappa shape index (κ1) is 12.2. The summed E-state index contributed by atoms with van der Waals surface area (Å²) in [5, 5.41) is 4.66. The minimum absolute atomic E-state index is 0.433. The molecule has 1 unspecified atom stereocenters. The van der Waals surface area contributed by atoms with Crippen LogP contribution in [0.1, 0.15) is 36.6 Å². The Balaban J connectivity index is 2.38. The van der Waals surface area contributed by atoms with Gasteiger partial charge in [0.1, 0.15) is 0 Å². The van der Waals surface area contributed by atoms with Gasteiger partial charge in [-0.15, -0.1) is 23.7 Å². The highest BCUT2D eigenvalue weighted by Crippen LogP contribution is 2.13. The standard InChI is InChI=1S/C12H18N2S/c1-4-7-10(5-2)13-8-11-9-14-12(6-3)15-11/h1,9-10,13H,5-8H2,2-3H3. The van der Waals surface area contributed by atoms with Crippen molar-refractivity contribution in [2.45, 2.75) is 45.7 Å². The van der Waals surface area contributed by atoms with Crippen molar-refractivity contribution in [3.8, 4) is 12.3 Å². The predicted octanol–water partition coefficient (Wildman–Crippen LogP) is 2.60. The Morgan fingerprint density at radius 2 is 2.40 bits per heavy atom. The van der Waals surface area contributed by atoms with Crippen molar-refractivity contribution in [3.05, 3.63) is 16.1 Å². The second kappa shape index (κ2) is 6.60. The molecule has 0 spiro atoms. The molecule has 3 heteroatoms. The Morgan fingerprint density at radius 3 is 2.93 bits per heavy atom. The predicted molar refractivity (Wildman–Crippen MR) is 65.9 cm³/mol. The zero-order valence-electron chi connectivity index (χ0n) is 9.42. The smallest absolute Gasteiger partial charge is 0.0925 e. The van der Waals surface area contributed by atoms with Crippen LogP contribution >= 0.6 is 11.3 Å². The average molecular weight is 222 g/mol. The lowest BCUT2D eigenvalue weighted by molar-refractivity contribution is 0.509. The number of rotatable bonds is 6. The van der Waals surface area contributed by atoms with E-state index in [1.54, 1.807) is 11.3 Å². The van der Waals surface area contributed by atoms with Gasteiger partial charge in [0.05, 0.1) is 5.01 Å². The summed E-state index contributed by atoms with van der Waals surface area (Å²) in [4.78, 5) is 5.62. The van der Waals surface area contributed by atoms with Gasteiger partial charge in [-0.2, -0.15) is 0 Å². The van der Waals surface area contributed by atoms with Crippen LogP contribution in [0.15, 0.2) is 6.20 Å². The van der Waals surface area contributed by atoms with Crippen LogP contribution in [-0.4, -0.2) is 11.0 Å². The summed E-state index contributed by atoms with van der Waals surface area (Å²) in [6, 6.07) is 0.433. The highest BCUT2D eigenvalue weighted by molar-refractivity contribution is 7.11. The fourth-order valence-electron chi connectivity index (χ4n) is 1.34. The van der Waals surface area contributed by atoms with E-state index in [9.17, 15) is 0 Å². The monoisotopic (exact) mass is 222 g/mol. The van der Waals surface area contributed by atoms with Gasteiger partial charge in [0.15, 0.2) is 0 Å². The molecule has 1 aromatic heterocycles. The highest BCUT2D eigenvalue weighted by atomic mass is 32.1. The molecule has 82 valence electrons. The van der Waals surface area contributed by atoms with Crippen LogP contribution < -0.4 is 5.32 Å². The van der Waals surface area contributed by atoms with Crippen LogP contribution in [0.5, 0.6) is 0 Å². The molecule has 0 saturated carbocycles. The molecule has 0 aliphatic rings. The van der Waals surface area contributed by atoms with Crippen molar-refractivity contribution in [1.29, 1.82) is 0 Å². The third kappa shape index (κ3) is 4.03. The van der Waals surface area contributed by atoms with Gasteiger partial charge in [-0.05, 0) is 12.8 Å². The molecular formula is C12H18N2S. The molecule has 0 aliphatic carbocycles. The van der Waals surface area contributed by atoms with Crippen LogP contribution in [0.2, 0.25) is 0 Å². The van der Waals surface area contributed by atoms with E-state index >= 15 is 0 Å². The molecule has 0 aliphatic heterocycles. The molecular weight excluding hydrogens is 204 g/mol. The molecule has 0 amide bonds. The van der Waals surface area contributed by atoms with Crippen molar-refractivity contribution < 1.29 is 0 Å². The van der Waals surface area contributed by atoms with E-state index in [2.05, 4.69) is 30.1 Å². The number of hydrogen-bond donors (Lipinski definition) is 1. The first-order valence-corrected chi connectivity index (χ1v) is 6.22. The van der Waals surface area contributed by atoms with Crippen LogP contribution in [0, 0.1) is 12.3 Å². The van der Waals surface area contributed by atoms with E-state index in [0.29, 0.717) is 6.04 Å². The summed E-state index contributed by atoms with van der Waals surface area (Å²) >= 11 is 1.78. The maximum absolute atomic E-state index is 5.30. The van der Waals surface area contributed by atoms with Gasteiger partial charge in [0.2, 0.25) is 0 Å². The SMILES string of the molecule is C#CCC(CC)NCc1cnc(CC)s1. The van der Waals surface area contributed by atoms with Crippen molar-refractivity contribution in [2.24, 2.45) is 0 Å². The quantitative estimate of drug-likeness (QED) is 0.748. The Hall–Kier alpha value is -0.850. The topological polar surface area (TPSA) is 24.9 Å². The van der Waals surface area contributed by atoms with Crippen molar-refractivity contribution in [3.63, 3.8) is 0 Å². The molecule has 0 fully saturated rings. The first-order chi connectivity index (χ1) is 7.30. The number of nitrogens with zero attached hydrogens (tertiary/aromatic N) is 1. The lowest BCUT2D eigenvalue weighted by Gasteiger charge is -2.12. The number of terminal acetylenes is 1. The molecule has 15 heavy (non-hydrogen) atoms. The molecule has 1 N–H and O–H groups in total. The Morgan fingerprint density at radius 1 is 1.60 bits per heavy atom. The maximum atomic E-state index is 5.30. The van der Waals surface area contributed by atoms with Gasteiger partial charge in [-0.3, -0.25) is 0 Å². The van der Waals surface area contributed by atoms with Gasteiger partial charge < -0.3 is 5.32 Å². The van der Waals surface area contributed by atoms with Crippen LogP contribution in [0.3, 0.4) is 0 Å². The molecule has 0 bridgehead atoms. The van der Waals surface area contributed by atoms with Gasteiger partial charge in [0.25, 0.3) is 0 Å². The molecule has 1 rings (SSSR count). The van der Waals surface area contributed by atoms with E-state index in [4.69, 9.17) is 6.42 Å². The summed E-state index contributed by atoms with van der Waals surface area (Å²) in [6.45, 7) is 5.17. The zero-order chi connectivity index (χ0) is 11.1. The third-order valence-electron chi connectivity index (χ3n) is 2.33. The molecule has 1 heterocycles. The van der Waals surface area contributed by atoms with E-state index in [1.807, 2.05) is 6.20 Å². The normalized spacial score (nSPS) is 12.3. The molecule has 1 atom stereocenters. The van der Waals surface area contributed by atoms with Crippen LogP contribution in [-0.2, 0) is 13.0 Å². The molecule has 0 radical (unpaired) electrons. The second-order valence-electron chi connectivity index (χ2n) is 3.47. The van der Waals surface area contributed by atoms with Gasteiger partial charge in [-0.25, -0.2) is 4.98 Å². The fourth-order valence-corrected chi connectivity index (χ4v) is 2.15. The van der Waals surface area contributed by atoms with E-state index in [-0.39, 0.29) is 0 Å². The highest BCUT2D eigenvalue weighted by Gasteiger charge is 2.05. The summed E-state index contributed by atoms with van der Waals surface area (Å²) in [5.41, 5.74) is 0. The number of aromatic nitrogens is 1. The largest absolute Gasteiger partial charge is 0.308 e. The van der Waals surface area contributed by atoms with Gasteiger partial charge in [-0.1, -0.05) is 13.8 Å². The van der Waals surface area contributed by atoms with Crippen LogP contribution in [0.4, 0.5) is 0 Å². The lowest BCUT2D eigenvalue weighted by Crippen LogP contribution is -2.26. The Kier molecular flexibility index (Phi) is 5.38. The van der Waals surface area contributed by atoms with E-state index in [0.717, 1.165) is 25.8 Å². The summed E-state index contributed by atoms with van der Waals surface area (Å²) in [5.74, 6) is 2.70. The Bertz CT molecular complexity index is 325. The molecule has 0 saturated heterocycles. The first-order valence-electron chi connectivity index (χ1n) is 5.40. The zero-order valence-corrected chi connectivity index (χ0v) is 10.2. The average Bonchev–Trinajstić information content (AvgIpc) is 2.72. The van der Waals surface area contributed by atoms with Gasteiger partial charge >= 0.3 is 0 Å². The summed E-state index contributed by atoms with van der Waals surface area (Å²) in [6.07, 6.45) is 10.2. The minimum Gasteiger partial charge on any atom is -0.308 e. The van der Waals surface area contributed by atoms with E-state index in [1.165, 1.54) is 9.88 Å². The second-order valence-corrected chi connectivity index (χ2v) is 4.67. The number of nitrogens with one attached hydrogen (secondary N) is 1. The van der Waals surface area contributed by atoms with Crippen molar-refractivity contribution >= 4 is 11.3 Å². The summed E-state index contributed by atoms with van der Waals surface area (Å²) < 4.78 is 0. The van der Waals surface area contributed by atoms with E-state index < -0.39 is 0 Å². The summed E-state index contributed by atoms with van der Waals surface area (Å²) in [7, 11) is 0. The van der Waals surface area contributed by atoms with Gasteiger partial charge in [0, 0.05) is 30.1 Å². The maximum Gasteiger partial charge on any atom is 0.0925 e. The third-order valence-corrected chi connectivity index (χ3v) is 3.47. The Labute approximate surface area is 96.1 Å². The molecule has 0 aromatic carbocycles. The van der Waals surface area contributed by atoms with Crippen molar-refractivity contribution in [2.75, 3.05) is 0 Å². The van der Waals surface area contributed by atoms with Crippen LogP contribution in [0.25, 0.3) is 0 Å². The minimum atomic E-state index is 0.433. The number of thiazole rings is 1. The molecule has 2 nitrogen and oxygen atoms in total. The molecule has 1 aromatic rings. The fraction of sp³-hybridized carbons (Fsp3) is 0.583. The number of aryl methyl sites for hydroxylation is 1. The number of hydrogen-bond acceptors (Lipinski definition) is 3.